The monoisotopic (exact) mass is 282 g/mol. The Morgan fingerprint density at radius 2 is 1.40 bits per heavy atom. The summed E-state index contributed by atoms with van der Waals surface area (Å²) in [7, 11) is 2.20. The molecule has 20 heavy (non-hydrogen) atoms. The lowest BCUT2D eigenvalue weighted by atomic mass is 9.58. The molecule has 4 nitrogen and oxygen atoms in total. The number of hydrazine groups is 1. The Morgan fingerprint density at radius 1 is 0.900 bits per heavy atom. The van der Waals surface area contributed by atoms with Crippen LogP contribution in [0.1, 0.15) is 47.0 Å². The minimum absolute atomic E-state index is 0.0706. The maximum atomic E-state index is 6.23. The fraction of sp³-hybridized carbons (Fsp3) is 1.00. The van der Waals surface area contributed by atoms with Crippen LogP contribution in [0, 0.1) is 10.8 Å². The number of nitrogens with zero attached hydrogens (tertiary/aromatic N) is 2. The molecule has 1 aliphatic heterocycles. The molecule has 2 fully saturated rings. The Labute approximate surface area is 125 Å². The molecular formula is C16H34N4. The molecule has 0 radical (unpaired) electrons. The average Bonchev–Trinajstić information content (AvgIpc) is 2.28. The lowest BCUT2D eigenvalue weighted by Gasteiger charge is -2.54. The largest absolute Gasteiger partial charge is 0.329 e. The molecule has 1 aliphatic carbocycles. The van der Waals surface area contributed by atoms with Gasteiger partial charge in [-0.1, -0.05) is 27.7 Å². The van der Waals surface area contributed by atoms with Gasteiger partial charge in [-0.15, -0.1) is 0 Å². The lowest BCUT2D eigenvalue weighted by Crippen LogP contribution is -2.65. The number of nitrogens with one attached hydrogen (secondary N) is 1. The quantitative estimate of drug-likeness (QED) is 0.826. The molecule has 0 aromatic heterocycles. The summed E-state index contributed by atoms with van der Waals surface area (Å²) in [5, 5.41) is 2.41. The molecule has 2 rings (SSSR count). The van der Waals surface area contributed by atoms with E-state index in [-0.39, 0.29) is 5.54 Å². The maximum absolute atomic E-state index is 6.23. The van der Waals surface area contributed by atoms with Crippen molar-refractivity contribution in [2.75, 3.05) is 39.8 Å². The summed E-state index contributed by atoms with van der Waals surface area (Å²) in [6.45, 7) is 14.8. The molecule has 0 aromatic rings. The SMILES string of the molecule is CN1CCN(NC2(CN)CC(C)(C)CC(C)(C)C2)CC1. The van der Waals surface area contributed by atoms with Gasteiger partial charge in [0.2, 0.25) is 0 Å². The first-order chi connectivity index (χ1) is 9.15. The maximum Gasteiger partial charge on any atom is 0.0458 e. The molecule has 1 heterocycles. The van der Waals surface area contributed by atoms with Crippen molar-refractivity contribution in [1.82, 2.24) is 15.3 Å². The van der Waals surface area contributed by atoms with Crippen LogP contribution in [0.2, 0.25) is 0 Å². The lowest BCUT2D eigenvalue weighted by molar-refractivity contribution is -0.0272. The van der Waals surface area contributed by atoms with E-state index >= 15 is 0 Å². The van der Waals surface area contributed by atoms with Crippen molar-refractivity contribution in [3.8, 4) is 0 Å². The van der Waals surface area contributed by atoms with Crippen molar-refractivity contribution >= 4 is 0 Å². The molecule has 0 aromatic carbocycles. The van der Waals surface area contributed by atoms with E-state index in [1.165, 1.54) is 19.3 Å². The van der Waals surface area contributed by atoms with Gasteiger partial charge in [-0.2, -0.15) is 0 Å². The van der Waals surface area contributed by atoms with E-state index in [4.69, 9.17) is 5.73 Å². The van der Waals surface area contributed by atoms with Crippen LogP contribution in [0.5, 0.6) is 0 Å². The molecule has 3 N–H and O–H groups in total. The van der Waals surface area contributed by atoms with Gasteiger partial charge in [-0.05, 0) is 37.1 Å². The molecule has 118 valence electrons. The standard InChI is InChI=1S/C16H34N4/c1-14(2)10-15(3,4)12-16(11-14,13-17)18-20-8-6-19(5)7-9-20/h18H,6-13,17H2,1-5H3. The van der Waals surface area contributed by atoms with E-state index in [1.807, 2.05) is 0 Å². The van der Waals surface area contributed by atoms with E-state index in [2.05, 4.69) is 50.1 Å². The molecule has 2 aliphatic rings. The number of hydrogen-bond donors (Lipinski definition) is 2. The van der Waals surface area contributed by atoms with Crippen molar-refractivity contribution in [3.63, 3.8) is 0 Å². The number of hydrogen-bond acceptors (Lipinski definition) is 4. The molecule has 1 saturated carbocycles. The number of rotatable bonds is 3. The van der Waals surface area contributed by atoms with Crippen LogP contribution in [0.25, 0.3) is 0 Å². The summed E-state index contributed by atoms with van der Waals surface area (Å²) in [5.41, 5.74) is 10.9. The van der Waals surface area contributed by atoms with Crippen LogP contribution in [0.15, 0.2) is 0 Å². The van der Waals surface area contributed by atoms with Gasteiger partial charge in [0.25, 0.3) is 0 Å². The second-order valence-corrected chi connectivity index (χ2v) is 8.75. The third-order valence-electron chi connectivity index (χ3n) is 4.88. The van der Waals surface area contributed by atoms with Gasteiger partial charge < -0.3 is 10.6 Å². The zero-order valence-corrected chi connectivity index (χ0v) is 14.1. The van der Waals surface area contributed by atoms with Gasteiger partial charge in [0.05, 0.1) is 0 Å². The fourth-order valence-electron chi connectivity index (χ4n) is 4.84. The van der Waals surface area contributed by atoms with E-state index in [0.29, 0.717) is 10.8 Å². The summed E-state index contributed by atoms with van der Waals surface area (Å²) in [5.74, 6) is 0. The summed E-state index contributed by atoms with van der Waals surface area (Å²) in [6.07, 6.45) is 3.63. The smallest absolute Gasteiger partial charge is 0.0458 e. The van der Waals surface area contributed by atoms with Crippen molar-refractivity contribution in [2.24, 2.45) is 16.6 Å². The predicted octanol–water partition coefficient (Wildman–Crippen LogP) is 1.67. The number of piperazine rings is 1. The van der Waals surface area contributed by atoms with Gasteiger partial charge >= 0.3 is 0 Å². The van der Waals surface area contributed by atoms with Crippen LogP contribution in [0.4, 0.5) is 0 Å². The molecule has 1 saturated heterocycles. The van der Waals surface area contributed by atoms with Gasteiger partial charge in [0.1, 0.15) is 0 Å². The van der Waals surface area contributed by atoms with E-state index in [1.54, 1.807) is 0 Å². The Hall–Kier alpha value is -0.160. The topological polar surface area (TPSA) is 44.5 Å². The summed E-state index contributed by atoms with van der Waals surface area (Å²) >= 11 is 0. The Bertz CT molecular complexity index is 313. The highest BCUT2D eigenvalue weighted by atomic mass is 15.5. The van der Waals surface area contributed by atoms with Crippen LogP contribution in [0.3, 0.4) is 0 Å². The Morgan fingerprint density at radius 3 is 1.85 bits per heavy atom. The average molecular weight is 282 g/mol. The van der Waals surface area contributed by atoms with Crippen LogP contribution in [-0.2, 0) is 0 Å². The molecule has 4 heteroatoms. The third kappa shape index (κ3) is 3.94. The van der Waals surface area contributed by atoms with Gasteiger partial charge in [-0.25, -0.2) is 10.4 Å². The number of likely N-dealkylation sites (N-methyl/N-ethyl adjacent to an activating group) is 1. The minimum atomic E-state index is 0.0706. The second-order valence-electron chi connectivity index (χ2n) is 8.75. The highest BCUT2D eigenvalue weighted by Crippen LogP contribution is 2.49. The molecule has 0 unspecified atom stereocenters. The van der Waals surface area contributed by atoms with Crippen LogP contribution >= 0.6 is 0 Å². The van der Waals surface area contributed by atoms with Crippen molar-refractivity contribution in [1.29, 1.82) is 0 Å². The summed E-state index contributed by atoms with van der Waals surface area (Å²) in [4.78, 5) is 2.39. The summed E-state index contributed by atoms with van der Waals surface area (Å²) < 4.78 is 0. The molecule has 0 atom stereocenters. The fourth-order valence-corrected chi connectivity index (χ4v) is 4.84. The van der Waals surface area contributed by atoms with Crippen LogP contribution < -0.4 is 11.2 Å². The Balaban J connectivity index is 2.08. The number of nitrogens with two attached hydrogens (primary N) is 1. The molecular weight excluding hydrogens is 248 g/mol. The molecule has 0 amide bonds. The van der Waals surface area contributed by atoms with Crippen molar-refractivity contribution < 1.29 is 0 Å². The predicted molar refractivity (Wildman–Crippen MR) is 85.4 cm³/mol. The van der Waals surface area contributed by atoms with Crippen LogP contribution in [-0.4, -0.2) is 55.2 Å². The summed E-state index contributed by atoms with van der Waals surface area (Å²) in [6, 6.07) is 0. The molecule has 0 spiro atoms. The van der Waals surface area contributed by atoms with Gasteiger partial charge in [0.15, 0.2) is 0 Å². The second kappa shape index (κ2) is 5.56. The van der Waals surface area contributed by atoms with Crippen molar-refractivity contribution in [3.05, 3.63) is 0 Å². The minimum Gasteiger partial charge on any atom is -0.329 e. The highest BCUT2D eigenvalue weighted by molar-refractivity contribution is 5.03. The zero-order chi connectivity index (χ0) is 15.0. The first-order valence-electron chi connectivity index (χ1n) is 8.07. The normalized spacial score (nSPS) is 30.3. The molecule has 0 bridgehead atoms. The van der Waals surface area contributed by atoms with Gasteiger partial charge in [0, 0.05) is 38.3 Å². The highest BCUT2D eigenvalue weighted by Gasteiger charge is 2.47. The van der Waals surface area contributed by atoms with E-state index < -0.39 is 0 Å². The Kier molecular flexibility index (Phi) is 4.51. The van der Waals surface area contributed by atoms with Gasteiger partial charge in [-0.3, -0.25) is 0 Å². The first kappa shape index (κ1) is 16.2. The zero-order valence-electron chi connectivity index (χ0n) is 14.1. The van der Waals surface area contributed by atoms with E-state index in [0.717, 1.165) is 32.7 Å². The van der Waals surface area contributed by atoms with E-state index in [9.17, 15) is 0 Å². The first-order valence-corrected chi connectivity index (χ1v) is 8.07. The third-order valence-corrected chi connectivity index (χ3v) is 4.88. The van der Waals surface area contributed by atoms with Crippen molar-refractivity contribution in [2.45, 2.75) is 52.5 Å².